The zero-order valence-electron chi connectivity index (χ0n) is 17.0. The first-order valence-electron chi connectivity index (χ1n) is 9.37. The minimum absolute atomic E-state index is 0.152. The van der Waals surface area contributed by atoms with Crippen molar-refractivity contribution in [3.63, 3.8) is 0 Å². The van der Waals surface area contributed by atoms with Crippen LogP contribution in [0.2, 0.25) is 0 Å². The number of Topliss-reactive ketones (excluding diaryl/α,β-unsaturated/α-hetero) is 1. The fourth-order valence-electron chi connectivity index (χ4n) is 3.31. The van der Waals surface area contributed by atoms with Gasteiger partial charge in [0, 0.05) is 38.0 Å². The Morgan fingerprint density at radius 1 is 0.871 bits per heavy atom. The molecule has 0 bridgehead atoms. The number of carbonyl (C=O) groups excluding carboxylic acids is 5. The molecule has 31 heavy (non-hydrogen) atoms. The Labute approximate surface area is 177 Å². The molecule has 0 N–H and O–H groups in total. The molecule has 1 saturated heterocycles. The summed E-state index contributed by atoms with van der Waals surface area (Å²) in [6.45, 7) is 3.13. The third kappa shape index (κ3) is 4.97. The highest BCUT2D eigenvalue weighted by Gasteiger charge is 2.49. The number of allylic oxidation sites excluding steroid dienone is 2. The first kappa shape index (κ1) is 22.2. The van der Waals surface area contributed by atoms with Crippen molar-refractivity contribution in [3.05, 3.63) is 47.2 Å². The molecule has 0 spiro atoms. The van der Waals surface area contributed by atoms with Gasteiger partial charge in [0.1, 0.15) is 0 Å². The molecule has 1 aliphatic carbocycles. The highest BCUT2D eigenvalue weighted by Crippen LogP contribution is 2.29. The second-order valence-electron chi connectivity index (χ2n) is 6.86. The second kappa shape index (κ2) is 9.09. The molecule has 1 heterocycles. The van der Waals surface area contributed by atoms with E-state index in [2.05, 4.69) is 0 Å². The topological polar surface area (TPSA) is 132 Å². The molecule has 1 aromatic carbocycles. The monoisotopic (exact) mass is 432 g/mol. The van der Waals surface area contributed by atoms with Gasteiger partial charge in [-0.1, -0.05) is 24.3 Å². The average molecular weight is 432 g/mol. The summed E-state index contributed by atoms with van der Waals surface area (Å²) in [5, 5.41) is 0. The summed E-state index contributed by atoms with van der Waals surface area (Å²) in [6, 6.07) is 6.23. The average Bonchev–Trinajstić information content (AvgIpc) is 2.69. The Hall–Kier alpha value is -3.53. The van der Waals surface area contributed by atoms with Crippen LogP contribution in [-0.2, 0) is 38.1 Å². The van der Waals surface area contributed by atoms with Crippen LogP contribution in [0.1, 0.15) is 41.5 Å². The van der Waals surface area contributed by atoms with Crippen molar-refractivity contribution in [1.82, 2.24) is 0 Å². The molecule has 0 amide bonds. The number of ether oxygens (including phenoxy) is 5. The molecule has 3 rings (SSSR count). The molecule has 1 aliphatic heterocycles. The van der Waals surface area contributed by atoms with E-state index >= 15 is 0 Å². The molecule has 10 heteroatoms. The number of ketones is 2. The summed E-state index contributed by atoms with van der Waals surface area (Å²) < 4.78 is 26.7. The van der Waals surface area contributed by atoms with E-state index in [9.17, 15) is 24.0 Å². The Balaban J connectivity index is 1.89. The minimum atomic E-state index is -1.41. The maximum Gasteiger partial charge on any atom is 0.303 e. The molecule has 0 radical (unpaired) electrons. The number of hydrogen-bond donors (Lipinski definition) is 0. The van der Waals surface area contributed by atoms with Crippen LogP contribution >= 0.6 is 0 Å². The zero-order chi connectivity index (χ0) is 22.7. The van der Waals surface area contributed by atoms with Gasteiger partial charge in [-0.05, 0) is 0 Å². The van der Waals surface area contributed by atoms with E-state index in [1.54, 1.807) is 12.1 Å². The third-order valence-corrected chi connectivity index (χ3v) is 4.47. The fraction of sp³-hybridized carbons (Fsp3) is 0.381. The summed E-state index contributed by atoms with van der Waals surface area (Å²) in [7, 11) is 0. The number of rotatable bonds is 5. The van der Waals surface area contributed by atoms with Crippen LogP contribution in [0.5, 0.6) is 0 Å². The van der Waals surface area contributed by atoms with Gasteiger partial charge < -0.3 is 23.7 Å². The fourth-order valence-corrected chi connectivity index (χ4v) is 3.31. The van der Waals surface area contributed by atoms with Crippen molar-refractivity contribution < 1.29 is 47.7 Å². The highest BCUT2D eigenvalue weighted by molar-refractivity contribution is 6.23. The number of benzene rings is 1. The van der Waals surface area contributed by atoms with Crippen LogP contribution in [-0.4, -0.2) is 60.7 Å². The van der Waals surface area contributed by atoms with Crippen molar-refractivity contribution in [1.29, 1.82) is 0 Å². The lowest BCUT2D eigenvalue weighted by Gasteiger charge is -2.40. The van der Waals surface area contributed by atoms with Crippen molar-refractivity contribution in [2.24, 2.45) is 0 Å². The van der Waals surface area contributed by atoms with Crippen LogP contribution in [0, 0.1) is 0 Å². The summed E-state index contributed by atoms with van der Waals surface area (Å²) >= 11 is 0. The molecule has 1 fully saturated rings. The van der Waals surface area contributed by atoms with Gasteiger partial charge in [0.05, 0.1) is 6.61 Å². The van der Waals surface area contributed by atoms with E-state index < -0.39 is 54.1 Å². The standard InChI is InChI=1S/C21H20O10/c1-10(22)28-17-9-27-21(20(30-12(3)24)19(17)29-11(2)23)31-16-8-15(25)13-6-4-5-7-14(13)18(16)26/h4-8,17,19-21H,9H2,1-3H3/t17-,19+,20-,21+/m1/s1. The van der Waals surface area contributed by atoms with E-state index in [1.165, 1.54) is 12.1 Å². The predicted octanol–water partition coefficient (Wildman–Crippen LogP) is 1.12. The van der Waals surface area contributed by atoms with E-state index in [0.717, 1.165) is 26.8 Å². The molecule has 0 saturated carbocycles. The van der Waals surface area contributed by atoms with E-state index in [1.807, 2.05) is 0 Å². The van der Waals surface area contributed by atoms with Gasteiger partial charge >= 0.3 is 17.9 Å². The molecular formula is C21H20O10. The van der Waals surface area contributed by atoms with Crippen molar-refractivity contribution in [2.75, 3.05) is 6.61 Å². The molecule has 4 atom stereocenters. The highest BCUT2D eigenvalue weighted by atomic mass is 16.7. The molecule has 0 aromatic heterocycles. The Morgan fingerprint density at radius 3 is 2.06 bits per heavy atom. The van der Waals surface area contributed by atoms with E-state index in [0.29, 0.717) is 0 Å². The Morgan fingerprint density at radius 2 is 1.45 bits per heavy atom. The van der Waals surface area contributed by atoms with Crippen LogP contribution in [0.4, 0.5) is 0 Å². The lowest BCUT2D eigenvalue weighted by molar-refractivity contribution is -0.270. The van der Waals surface area contributed by atoms with Gasteiger partial charge in [-0.3, -0.25) is 24.0 Å². The normalized spacial score (nSPS) is 25.1. The van der Waals surface area contributed by atoms with E-state index in [-0.39, 0.29) is 23.5 Å². The molecule has 2 aliphatic rings. The molecule has 164 valence electrons. The lowest BCUT2D eigenvalue weighted by atomic mass is 9.93. The Kier molecular flexibility index (Phi) is 6.50. The SMILES string of the molecule is CC(=O)O[C@@H]1[C@@H](OC(C)=O)[C@H](OC2=CC(=O)c3ccccc3C2=O)OC[C@H]1OC(C)=O. The van der Waals surface area contributed by atoms with Crippen molar-refractivity contribution in [2.45, 2.75) is 45.4 Å². The van der Waals surface area contributed by atoms with Gasteiger partial charge in [-0.2, -0.15) is 0 Å². The van der Waals surface area contributed by atoms with Gasteiger partial charge in [-0.15, -0.1) is 0 Å². The molecule has 0 unspecified atom stereocenters. The number of fused-ring (bicyclic) bond motifs is 1. The van der Waals surface area contributed by atoms with Crippen LogP contribution in [0.25, 0.3) is 0 Å². The van der Waals surface area contributed by atoms with Crippen molar-refractivity contribution >= 4 is 29.5 Å². The second-order valence-corrected chi connectivity index (χ2v) is 6.86. The van der Waals surface area contributed by atoms with Gasteiger partial charge in [0.25, 0.3) is 0 Å². The molecule has 1 aromatic rings. The van der Waals surface area contributed by atoms with Crippen LogP contribution in [0.15, 0.2) is 36.1 Å². The molecule has 10 nitrogen and oxygen atoms in total. The van der Waals surface area contributed by atoms with Gasteiger partial charge in [0.2, 0.25) is 18.2 Å². The summed E-state index contributed by atoms with van der Waals surface area (Å²) in [6.07, 6.45) is -4.11. The smallest absolute Gasteiger partial charge is 0.303 e. The lowest BCUT2D eigenvalue weighted by Crippen LogP contribution is -2.58. The first-order valence-corrected chi connectivity index (χ1v) is 9.37. The van der Waals surface area contributed by atoms with Crippen molar-refractivity contribution in [3.8, 4) is 0 Å². The van der Waals surface area contributed by atoms with Gasteiger partial charge in [-0.25, -0.2) is 0 Å². The largest absolute Gasteiger partial charge is 0.456 e. The maximum absolute atomic E-state index is 12.8. The van der Waals surface area contributed by atoms with Crippen LogP contribution < -0.4 is 0 Å². The van der Waals surface area contributed by atoms with E-state index in [4.69, 9.17) is 23.7 Å². The first-order chi connectivity index (χ1) is 14.7. The number of hydrogen-bond acceptors (Lipinski definition) is 10. The molecular weight excluding hydrogens is 412 g/mol. The number of esters is 3. The van der Waals surface area contributed by atoms with Crippen LogP contribution in [0.3, 0.4) is 0 Å². The predicted molar refractivity (Wildman–Crippen MR) is 101 cm³/mol. The summed E-state index contributed by atoms with van der Waals surface area (Å²) in [4.78, 5) is 59.8. The minimum Gasteiger partial charge on any atom is -0.456 e. The number of carbonyl (C=O) groups is 5. The third-order valence-electron chi connectivity index (χ3n) is 4.47. The van der Waals surface area contributed by atoms with Gasteiger partial charge in [0.15, 0.2) is 23.8 Å². The zero-order valence-corrected chi connectivity index (χ0v) is 17.0. The quantitative estimate of drug-likeness (QED) is 0.492. The summed E-state index contributed by atoms with van der Waals surface area (Å²) in [5.74, 6) is -3.48. The maximum atomic E-state index is 12.8. The summed E-state index contributed by atoms with van der Waals surface area (Å²) in [5.41, 5.74) is 0.382. The Bertz CT molecular complexity index is 963.